The average Bonchev–Trinajstić information content (AvgIpc) is 2.27. The number of ether oxygens (including phenoxy) is 1. The molecule has 0 aliphatic heterocycles. The summed E-state index contributed by atoms with van der Waals surface area (Å²) in [4.78, 5) is 13.9. The maximum atomic E-state index is 11.7. The molecule has 0 aliphatic carbocycles. The quantitative estimate of drug-likeness (QED) is 0.761. The Kier molecular flexibility index (Phi) is 5.40. The zero-order valence-corrected chi connectivity index (χ0v) is 12.7. The molecule has 0 bridgehead atoms. The molecule has 0 aromatic heterocycles. The maximum Gasteiger partial charge on any atom is 0.308 e. The number of hydrogen-bond donors (Lipinski definition) is 0. The summed E-state index contributed by atoms with van der Waals surface area (Å²) in [7, 11) is 0. The number of rotatable bonds is 5. The molecule has 0 unspecified atom stereocenters. The van der Waals surface area contributed by atoms with Gasteiger partial charge in [0, 0.05) is 18.8 Å². The van der Waals surface area contributed by atoms with Crippen LogP contribution >= 0.6 is 0 Å². The van der Waals surface area contributed by atoms with Gasteiger partial charge in [0.15, 0.2) is 0 Å². The first-order valence-corrected chi connectivity index (χ1v) is 6.85. The highest BCUT2D eigenvalue weighted by molar-refractivity contribution is 5.70. The number of nitrogens with zero attached hydrogens (tertiary/aromatic N) is 1. The van der Waals surface area contributed by atoms with Crippen molar-refractivity contribution in [2.75, 3.05) is 18.0 Å². The normalized spacial score (nSPS) is 11.2. The summed E-state index contributed by atoms with van der Waals surface area (Å²) in [6.45, 7) is 11.4. The van der Waals surface area contributed by atoms with Gasteiger partial charge in [-0.2, -0.15) is 0 Å². The zero-order chi connectivity index (χ0) is 14.5. The summed E-state index contributed by atoms with van der Waals surface area (Å²) >= 11 is 0. The summed E-state index contributed by atoms with van der Waals surface area (Å²) < 4.78 is 5.33. The van der Waals surface area contributed by atoms with Crippen LogP contribution in [0.15, 0.2) is 24.3 Å². The molecular weight excluding hydrogens is 238 g/mol. The molecule has 19 heavy (non-hydrogen) atoms. The van der Waals surface area contributed by atoms with Gasteiger partial charge in [0.2, 0.25) is 0 Å². The van der Waals surface area contributed by atoms with Gasteiger partial charge in [-0.25, -0.2) is 0 Å². The third-order valence-electron chi connectivity index (χ3n) is 2.75. The van der Waals surface area contributed by atoms with Gasteiger partial charge in [-0.15, -0.1) is 0 Å². The van der Waals surface area contributed by atoms with E-state index >= 15 is 0 Å². The number of benzene rings is 1. The summed E-state index contributed by atoms with van der Waals surface area (Å²) in [5, 5.41) is 0. The van der Waals surface area contributed by atoms with Crippen molar-refractivity contribution in [1.29, 1.82) is 0 Å². The lowest BCUT2D eigenvalue weighted by molar-refractivity contribution is -0.154. The van der Waals surface area contributed by atoms with Crippen molar-refractivity contribution in [3.05, 3.63) is 29.8 Å². The molecule has 3 heteroatoms. The van der Waals surface area contributed by atoms with E-state index in [-0.39, 0.29) is 5.97 Å². The fraction of sp³-hybridized carbons (Fsp3) is 0.562. The molecule has 0 spiro atoms. The van der Waals surface area contributed by atoms with Gasteiger partial charge < -0.3 is 9.64 Å². The van der Waals surface area contributed by atoms with Crippen molar-refractivity contribution in [3.8, 4) is 0 Å². The Morgan fingerprint density at radius 2 is 2.00 bits per heavy atom. The second kappa shape index (κ2) is 6.60. The largest absolute Gasteiger partial charge is 0.460 e. The van der Waals surface area contributed by atoms with Crippen LogP contribution in [0, 0.1) is 6.92 Å². The standard InChI is InChI=1S/C16H25NO2/c1-6-17(14-9-7-8-13(2)12-14)11-10-15(18)19-16(3,4)5/h7-9,12H,6,10-11H2,1-5H3. The van der Waals surface area contributed by atoms with Crippen LogP contribution < -0.4 is 4.90 Å². The van der Waals surface area contributed by atoms with Crippen molar-refractivity contribution >= 4 is 11.7 Å². The lowest BCUT2D eigenvalue weighted by Crippen LogP contribution is -2.29. The van der Waals surface area contributed by atoms with Gasteiger partial charge in [-0.1, -0.05) is 12.1 Å². The first kappa shape index (κ1) is 15.5. The Labute approximate surface area is 116 Å². The Morgan fingerprint density at radius 3 is 2.53 bits per heavy atom. The summed E-state index contributed by atoms with van der Waals surface area (Å²) in [6.07, 6.45) is 0.416. The van der Waals surface area contributed by atoms with Gasteiger partial charge in [0.05, 0.1) is 6.42 Å². The minimum Gasteiger partial charge on any atom is -0.460 e. The Hall–Kier alpha value is -1.51. The first-order valence-electron chi connectivity index (χ1n) is 6.85. The van der Waals surface area contributed by atoms with Gasteiger partial charge in [0.25, 0.3) is 0 Å². The Balaban J connectivity index is 2.56. The average molecular weight is 263 g/mol. The molecule has 106 valence electrons. The molecule has 3 nitrogen and oxygen atoms in total. The predicted molar refractivity (Wildman–Crippen MR) is 79.5 cm³/mol. The topological polar surface area (TPSA) is 29.5 Å². The second-order valence-electron chi connectivity index (χ2n) is 5.76. The Morgan fingerprint density at radius 1 is 1.32 bits per heavy atom. The fourth-order valence-electron chi connectivity index (χ4n) is 1.91. The minimum absolute atomic E-state index is 0.140. The lowest BCUT2D eigenvalue weighted by Gasteiger charge is -2.24. The molecule has 0 N–H and O–H groups in total. The van der Waals surface area contributed by atoms with Crippen LogP contribution in [0.3, 0.4) is 0 Å². The van der Waals surface area contributed by atoms with Crippen LogP contribution in [0.1, 0.15) is 39.7 Å². The first-order chi connectivity index (χ1) is 8.81. The number of esters is 1. The molecule has 0 radical (unpaired) electrons. The van der Waals surface area contributed by atoms with E-state index in [1.54, 1.807) is 0 Å². The molecule has 0 amide bonds. The molecule has 1 aromatic rings. The molecule has 1 aromatic carbocycles. The zero-order valence-electron chi connectivity index (χ0n) is 12.7. The molecule has 0 fully saturated rings. The predicted octanol–water partition coefficient (Wildman–Crippen LogP) is 3.55. The van der Waals surface area contributed by atoms with E-state index in [0.717, 1.165) is 12.2 Å². The highest BCUT2D eigenvalue weighted by atomic mass is 16.6. The van der Waals surface area contributed by atoms with Crippen molar-refractivity contribution in [3.63, 3.8) is 0 Å². The summed E-state index contributed by atoms with van der Waals surface area (Å²) in [5.74, 6) is -0.140. The second-order valence-corrected chi connectivity index (χ2v) is 5.76. The van der Waals surface area contributed by atoms with Gasteiger partial charge in [0.1, 0.15) is 5.60 Å². The van der Waals surface area contributed by atoms with Crippen LogP contribution in [0.2, 0.25) is 0 Å². The highest BCUT2D eigenvalue weighted by Crippen LogP contribution is 2.16. The number of anilines is 1. The smallest absolute Gasteiger partial charge is 0.308 e. The third-order valence-corrected chi connectivity index (χ3v) is 2.75. The molecule has 0 atom stereocenters. The van der Waals surface area contributed by atoms with Crippen LogP contribution in [0.5, 0.6) is 0 Å². The number of carbonyl (C=O) groups is 1. The fourth-order valence-corrected chi connectivity index (χ4v) is 1.91. The monoisotopic (exact) mass is 263 g/mol. The van der Waals surface area contributed by atoms with E-state index in [0.29, 0.717) is 13.0 Å². The number of carbonyl (C=O) groups excluding carboxylic acids is 1. The van der Waals surface area contributed by atoms with Crippen LogP contribution in [0.4, 0.5) is 5.69 Å². The van der Waals surface area contributed by atoms with Crippen molar-refractivity contribution in [2.45, 2.75) is 46.6 Å². The van der Waals surface area contributed by atoms with Crippen molar-refractivity contribution < 1.29 is 9.53 Å². The van der Waals surface area contributed by atoms with Crippen molar-refractivity contribution in [1.82, 2.24) is 0 Å². The number of hydrogen-bond acceptors (Lipinski definition) is 3. The summed E-state index contributed by atoms with van der Waals surface area (Å²) in [6, 6.07) is 8.33. The third kappa shape index (κ3) is 5.77. The maximum absolute atomic E-state index is 11.7. The van der Waals surface area contributed by atoms with E-state index in [9.17, 15) is 4.79 Å². The van der Waals surface area contributed by atoms with E-state index < -0.39 is 5.60 Å². The van der Waals surface area contributed by atoms with Gasteiger partial charge in [-0.05, 0) is 52.3 Å². The van der Waals surface area contributed by atoms with Gasteiger partial charge in [-0.3, -0.25) is 4.79 Å². The SMILES string of the molecule is CCN(CCC(=O)OC(C)(C)C)c1cccc(C)c1. The van der Waals surface area contributed by atoms with Crippen molar-refractivity contribution in [2.24, 2.45) is 0 Å². The van der Waals surface area contributed by atoms with E-state index in [1.165, 1.54) is 5.56 Å². The molecule has 0 aliphatic rings. The van der Waals surface area contributed by atoms with Crippen LogP contribution in [-0.2, 0) is 9.53 Å². The molecular formula is C16H25NO2. The summed E-state index contributed by atoms with van der Waals surface area (Å²) in [5.41, 5.74) is 1.98. The van der Waals surface area contributed by atoms with Crippen LogP contribution in [-0.4, -0.2) is 24.7 Å². The van der Waals surface area contributed by atoms with Gasteiger partial charge >= 0.3 is 5.97 Å². The molecule has 0 saturated carbocycles. The Bertz CT molecular complexity index is 421. The van der Waals surface area contributed by atoms with E-state index in [1.807, 2.05) is 26.8 Å². The molecule has 0 heterocycles. The van der Waals surface area contributed by atoms with Crippen LogP contribution in [0.25, 0.3) is 0 Å². The lowest BCUT2D eigenvalue weighted by atomic mass is 10.2. The van der Waals surface area contributed by atoms with E-state index in [2.05, 4.69) is 36.9 Å². The molecule has 0 saturated heterocycles. The molecule has 1 rings (SSSR count). The highest BCUT2D eigenvalue weighted by Gasteiger charge is 2.16. The number of aryl methyl sites for hydroxylation is 1. The van der Waals surface area contributed by atoms with E-state index in [4.69, 9.17) is 4.74 Å². The minimum atomic E-state index is -0.405.